The molecule has 9 heteroatoms. The van der Waals surface area contributed by atoms with Crippen LogP contribution < -0.4 is 5.23 Å². The molecule has 2 aliphatic rings. The number of para-hydroxylation sites is 1. The van der Waals surface area contributed by atoms with Gasteiger partial charge in [-0.05, 0) is 35.4 Å². The molecule has 36 heavy (non-hydrogen) atoms. The lowest BCUT2D eigenvalue weighted by molar-refractivity contribution is -0.159. The maximum absolute atomic E-state index is 14.3. The van der Waals surface area contributed by atoms with Gasteiger partial charge in [-0.2, -0.15) is 0 Å². The number of hydrogen-bond donors (Lipinski definition) is 2. The van der Waals surface area contributed by atoms with Crippen molar-refractivity contribution in [3.05, 3.63) is 106 Å². The third-order valence-corrected chi connectivity index (χ3v) is 7.07. The Bertz CT molecular complexity index is 1500. The Labute approximate surface area is 205 Å². The van der Waals surface area contributed by atoms with Crippen LogP contribution in [0.25, 0.3) is 10.9 Å². The number of aromatic nitrogens is 1. The SMILES string of the molecule is O=C1C2Cc3c([nH]c4ccccc34)C(c3cccc(N([O-])O)c3)N2C(=O)CN1Cc1ccccc1F. The summed E-state index contributed by atoms with van der Waals surface area (Å²) in [7, 11) is 0. The molecule has 0 radical (unpaired) electrons. The first-order valence-corrected chi connectivity index (χ1v) is 11.6. The molecule has 8 nitrogen and oxygen atoms in total. The van der Waals surface area contributed by atoms with Crippen LogP contribution in [-0.4, -0.2) is 44.4 Å². The normalized spacial score (nSPS) is 19.4. The quantitative estimate of drug-likeness (QED) is 0.427. The van der Waals surface area contributed by atoms with Crippen molar-refractivity contribution in [2.45, 2.75) is 25.0 Å². The van der Waals surface area contributed by atoms with Gasteiger partial charge in [0.2, 0.25) is 11.8 Å². The van der Waals surface area contributed by atoms with Gasteiger partial charge in [-0.1, -0.05) is 48.5 Å². The number of H-pyrrole nitrogens is 1. The number of nitrogens with zero attached hydrogens (tertiary/aromatic N) is 3. The Balaban J connectivity index is 1.47. The first kappa shape index (κ1) is 22.3. The number of halogens is 1. The zero-order chi connectivity index (χ0) is 25.0. The molecule has 2 atom stereocenters. The molecule has 3 heterocycles. The zero-order valence-electron chi connectivity index (χ0n) is 19.1. The Morgan fingerprint density at radius 1 is 1.06 bits per heavy atom. The molecule has 2 amide bonds. The monoisotopic (exact) mass is 485 g/mol. The van der Waals surface area contributed by atoms with Gasteiger partial charge < -0.3 is 25.2 Å². The smallest absolute Gasteiger partial charge is 0.246 e. The van der Waals surface area contributed by atoms with Crippen molar-refractivity contribution >= 4 is 28.4 Å². The average molecular weight is 485 g/mol. The second-order valence-electron chi connectivity index (χ2n) is 9.14. The maximum atomic E-state index is 14.3. The van der Waals surface area contributed by atoms with E-state index in [9.17, 15) is 24.4 Å². The Hall–Kier alpha value is -4.21. The van der Waals surface area contributed by atoms with Crippen molar-refractivity contribution < 1.29 is 19.2 Å². The fourth-order valence-corrected chi connectivity index (χ4v) is 5.45. The highest BCUT2D eigenvalue weighted by Gasteiger charge is 2.48. The number of hydrogen-bond acceptors (Lipinski definition) is 5. The summed E-state index contributed by atoms with van der Waals surface area (Å²) >= 11 is 0. The van der Waals surface area contributed by atoms with E-state index >= 15 is 0 Å². The van der Waals surface area contributed by atoms with Crippen LogP contribution in [0.5, 0.6) is 0 Å². The van der Waals surface area contributed by atoms with Gasteiger partial charge in [0.05, 0.1) is 11.7 Å². The topological polar surface area (TPSA) is 103 Å². The molecule has 182 valence electrons. The van der Waals surface area contributed by atoms with Crippen LogP contribution in [0.3, 0.4) is 0 Å². The van der Waals surface area contributed by atoms with E-state index in [0.29, 0.717) is 17.5 Å². The number of piperazine rings is 1. The Morgan fingerprint density at radius 2 is 1.83 bits per heavy atom. The molecule has 0 bridgehead atoms. The van der Waals surface area contributed by atoms with Crippen LogP contribution in [0.1, 0.15) is 28.4 Å². The third-order valence-electron chi connectivity index (χ3n) is 7.07. The molecule has 4 aromatic rings. The molecular weight excluding hydrogens is 463 g/mol. The summed E-state index contributed by atoms with van der Waals surface area (Å²) in [5.41, 5.74) is 3.51. The van der Waals surface area contributed by atoms with Crippen molar-refractivity contribution in [3.63, 3.8) is 0 Å². The van der Waals surface area contributed by atoms with Gasteiger partial charge in [0.1, 0.15) is 18.4 Å². The van der Waals surface area contributed by atoms with E-state index in [-0.39, 0.29) is 35.8 Å². The van der Waals surface area contributed by atoms with Gasteiger partial charge in [0.15, 0.2) is 0 Å². The van der Waals surface area contributed by atoms with E-state index in [4.69, 9.17) is 0 Å². The van der Waals surface area contributed by atoms with Crippen LogP contribution in [0.4, 0.5) is 10.1 Å². The van der Waals surface area contributed by atoms with Crippen LogP contribution in [0.15, 0.2) is 72.8 Å². The molecule has 1 saturated heterocycles. The Morgan fingerprint density at radius 3 is 2.64 bits per heavy atom. The first-order valence-electron chi connectivity index (χ1n) is 11.6. The fourth-order valence-electron chi connectivity index (χ4n) is 5.45. The second-order valence-corrected chi connectivity index (χ2v) is 9.14. The summed E-state index contributed by atoms with van der Waals surface area (Å²) < 4.78 is 14.3. The van der Waals surface area contributed by atoms with E-state index in [1.807, 2.05) is 24.3 Å². The van der Waals surface area contributed by atoms with Crippen molar-refractivity contribution in [1.29, 1.82) is 0 Å². The first-order chi connectivity index (χ1) is 17.4. The third kappa shape index (κ3) is 3.52. The van der Waals surface area contributed by atoms with E-state index in [0.717, 1.165) is 22.2 Å². The molecule has 2 aliphatic heterocycles. The number of carbonyl (C=O) groups excluding carboxylic acids is 2. The molecular formula is C27H22FN4O4-. The number of nitrogens with one attached hydrogen (secondary N) is 1. The minimum absolute atomic E-state index is 0.00185. The van der Waals surface area contributed by atoms with Crippen LogP contribution in [0, 0.1) is 11.0 Å². The standard InChI is InChI=1S/C27H22FN4O4/c28-21-10-3-1-6-17(21)14-30-15-24(33)31-23(27(30)34)13-20-19-9-2-4-11-22(19)29-25(20)26(31)16-7-5-8-18(12-16)32(35)36/h1-12,23,26,29,35H,13-15H2/q-1. The lowest BCUT2D eigenvalue weighted by Crippen LogP contribution is -2.62. The van der Waals surface area contributed by atoms with Gasteiger partial charge >= 0.3 is 0 Å². The maximum Gasteiger partial charge on any atom is 0.246 e. The van der Waals surface area contributed by atoms with Crippen molar-refractivity contribution in [2.24, 2.45) is 0 Å². The summed E-state index contributed by atoms with van der Waals surface area (Å²) in [6.45, 7) is -0.193. The molecule has 3 aromatic carbocycles. The fraction of sp³-hybridized carbons (Fsp3) is 0.185. The highest BCUT2D eigenvalue weighted by Crippen LogP contribution is 2.43. The van der Waals surface area contributed by atoms with Gasteiger partial charge in [-0.25, -0.2) is 4.39 Å². The molecule has 6 rings (SSSR count). The zero-order valence-corrected chi connectivity index (χ0v) is 19.1. The lowest BCUT2D eigenvalue weighted by atomic mass is 9.86. The predicted octanol–water partition coefficient (Wildman–Crippen LogP) is 3.89. The number of amides is 2. The summed E-state index contributed by atoms with van der Waals surface area (Å²) in [6.07, 6.45) is 0.307. The minimum atomic E-state index is -0.795. The largest absolute Gasteiger partial charge is 0.733 e. The number of aromatic amines is 1. The number of fused-ring (bicyclic) bond motifs is 4. The molecule has 2 N–H and O–H groups in total. The highest BCUT2D eigenvalue weighted by molar-refractivity contribution is 5.97. The van der Waals surface area contributed by atoms with Crippen molar-refractivity contribution in [3.8, 4) is 0 Å². The van der Waals surface area contributed by atoms with E-state index < -0.39 is 17.9 Å². The van der Waals surface area contributed by atoms with Gasteiger partial charge in [0, 0.05) is 35.1 Å². The number of benzene rings is 3. The average Bonchev–Trinajstić information content (AvgIpc) is 3.25. The van der Waals surface area contributed by atoms with Gasteiger partial charge in [0.25, 0.3) is 0 Å². The van der Waals surface area contributed by atoms with E-state index in [1.54, 1.807) is 35.2 Å². The van der Waals surface area contributed by atoms with Crippen LogP contribution in [0.2, 0.25) is 0 Å². The van der Waals surface area contributed by atoms with E-state index in [1.165, 1.54) is 23.1 Å². The molecule has 2 unspecified atom stereocenters. The lowest BCUT2D eigenvalue weighted by Gasteiger charge is -2.47. The highest BCUT2D eigenvalue weighted by atomic mass is 19.1. The molecule has 0 aliphatic carbocycles. The predicted molar refractivity (Wildman–Crippen MR) is 130 cm³/mol. The number of rotatable bonds is 4. The summed E-state index contributed by atoms with van der Waals surface area (Å²) in [4.78, 5) is 33.7. The molecule has 0 saturated carbocycles. The molecule has 1 fully saturated rings. The van der Waals surface area contributed by atoms with Gasteiger partial charge in [-0.3, -0.25) is 14.8 Å². The number of anilines is 1. The summed E-state index contributed by atoms with van der Waals surface area (Å²) in [5.74, 6) is -0.968. The second kappa shape index (κ2) is 8.47. The summed E-state index contributed by atoms with van der Waals surface area (Å²) in [5, 5.41) is 21.8. The van der Waals surface area contributed by atoms with Crippen molar-refractivity contribution in [1.82, 2.24) is 14.8 Å². The number of carbonyl (C=O) groups is 2. The molecule has 0 spiro atoms. The van der Waals surface area contributed by atoms with Gasteiger partial charge in [-0.15, -0.1) is 0 Å². The van der Waals surface area contributed by atoms with Crippen molar-refractivity contribution in [2.75, 3.05) is 11.8 Å². The minimum Gasteiger partial charge on any atom is -0.733 e. The van der Waals surface area contributed by atoms with E-state index in [2.05, 4.69) is 4.98 Å². The van der Waals surface area contributed by atoms with Crippen LogP contribution in [-0.2, 0) is 22.6 Å². The van der Waals surface area contributed by atoms with Crippen LogP contribution >= 0.6 is 0 Å². The Kier molecular flexibility index (Phi) is 5.24. The molecule has 1 aromatic heterocycles. The summed E-state index contributed by atoms with van der Waals surface area (Å²) in [6, 6.07) is 18.8.